The van der Waals surface area contributed by atoms with E-state index in [1.165, 1.54) is 6.92 Å². The highest BCUT2D eigenvalue weighted by Crippen LogP contribution is 2.34. The van der Waals surface area contributed by atoms with Gasteiger partial charge in [0.05, 0.1) is 11.7 Å². The van der Waals surface area contributed by atoms with Gasteiger partial charge in [0.1, 0.15) is 11.4 Å². The van der Waals surface area contributed by atoms with Gasteiger partial charge in [0.2, 0.25) is 0 Å². The van der Waals surface area contributed by atoms with Gasteiger partial charge in [0.15, 0.2) is 6.29 Å². The Morgan fingerprint density at radius 2 is 1.86 bits per heavy atom. The highest BCUT2D eigenvalue weighted by Gasteiger charge is 2.28. The van der Waals surface area contributed by atoms with E-state index in [2.05, 4.69) is 13.8 Å². The lowest BCUT2D eigenvalue weighted by atomic mass is 9.81. The first-order valence-corrected chi connectivity index (χ1v) is 10.2. The van der Waals surface area contributed by atoms with Crippen molar-refractivity contribution >= 4 is 12.3 Å². The van der Waals surface area contributed by atoms with Crippen molar-refractivity contribution in [2.45, 2.75) is 86.4 Å². The molecular weight excluding hydrogens is 356 g/mol. The largest absolute Gasteiger partial charge is 0.507 e. The van der Waals surface area contributed by atoms with Crippen LogP contribution in [-0.2, 0) is 27.1 Å². The lowest BCUT2D eigenvalue weighted by Gasteiger charge is -2.31. The molecule has 0 unspecified atom stereocenters. The summed E-state index contributed by atoms with van der Waals surface area (Å²) < 4.78 is 10.6. The number of aldehydes is 1. The standard InChI is InChI=1S/C15H20O3.C6H12O2.C2H6/c1-3-6-18-14-8-13-11(7-10(14)2)4-5-12(9-16)15(13)17;1-5(7)8-6(2,3)4;1-2/h4-5,9-10,14,17H,3,6-8H2,1-2H3;1-4H3;1-2H3/t10-,14-;;/m1../s1. The molecule has 1 aliphatic rings. The summed E-state index contributed by atoms with van der Waals surface area (Å²) in [6.07, 6.45) is 3.44. The van der Waals surface area contributed by atoms with Crippen molar-refractivity contribution in [3.8, 4) is 5.75 Å². The smallest absolute Gasteiger partial charge is 0.303 e. The molecule has 160 valence electrons. The van der Waals surface area contributed by atoms with Crippen LogP contribution in [0.2, 0.25) is 0 Å². The minimum absolute atomic E-state index is 0.138. The van der Waals surface area contributed by atoms with E-state index in [-0.39, 0.29) is 23.4 Å². The molecule has 0 saturated heterocycles. The van der Waals surface area contributed by atoms with Crippen LogP contribution >= 0.6 is 0 Å². The second-order valence-electron chi connectivity index (χ2n) is 7.76. The summed E-state index contributed by atoms with van der Waals surface area (Å²) >= 11 is 0. The molecule has 0 bridgehead atoms. The molecule has 0 amide bonds. The number of aromatic hydroxyl groups is 1. The molecule has 28 heavy (non-hydrogen) atoms. The number of carbonyl (C=O) groups excluding carboxylic acids is 2. The van der Waals surface area contributed by atoms with Gasteiger partial charge >= 0.3 is 5.97 Å². The number of fused-ring (bicyclic) bond motifs is 1. The third-order valence-electron chi connectivity index (χ3n) is 4.11. The Hall–Kier alpha value is -1.88. The zero-order chi connectivity index (χ0) is 21.9. The molecule has 1 aromatic rings. The Morgan fingerprint density at radius 1 is 1.25 bits per heavy atom. The fourth-order valence-corrected chi connectivity index (χ4v) is 3.01. The predicted molar refractivity (Wildman–Crippen MR) is 113 cm³/mol. The highest BCUT2D eigenvalue weighted by atomic mass is 16.6. The van der Waals surface area contributed by atoms with Gasteiger partial charge < -0.3 is 14.6 Å². The van der Waals surface area contributed by atoms with Crippen molar-refractivity contribution in [1.82, 2.24) is 0 Å². The Balaban J connectivity index is 0.000000618. The van der Waals surface area contributed by atoms with Crippen LogP contribution < -0.4 is 0 Å². The summed E-state index contributed by atoms with van der Waals surface area (Å²) in [5.41, 5.74) is 2.07. The summed E-state index contributed by atoms with van der Waals surface area (Å²) in [6, 6.07) is 3.65. The minimum atomic E-state index is -0.328. The van der Waals surface area contributed by atoms with Crippen molar-refractivity contribution in [3.05, 3.63) is 28.8 Å². The Morgan fingerprint density at radius 3 is 2.29 bits per heavy atom. The van der Waals surface area contributed by atoms with Crippen LogP contribution in [0.1, 0.15) is 83.3 Å². The van der Waals surface area contributed by atoms with Crippen LogP contribution in [0.25, 0.3) is 0 Å². The van der Waals surface area contributed by atoms with Gasteiger partial charge in [-0.3, -0.25) is 9.59 Å². The quantitative estimate of drug-likeness (QED) is 0.567. The molecule has 0 aromatic heterocycles. The van der Waals surface area contributed by atoms with E-state index >= 15 is 0 Å². The first kappa shape index (κ1) is 26.1. The van der Waals surface area contributed by atoms with E-state index in [0.29, 0.717) is 24.2 Å². The van der Waals surface area contributed by atoms with Crippen molar-refractivity contribution in [3.63, 3.8) is 0 Å². The molecular formula is C23H38O5. The Labute approximate surface area is 170 Å². The zero-order valence-electron chi connectivity index (χ0n) is 18.8. The maximum atomic E-state index is 10.8. The van der Waals surface area contributed by atoms with E-state index in [9.17, 15) is 14.7 Å². The van der Waals surface area contributed by atoms with Gasteiger partial charge in [-0.2, -0.15) is 0 Å². The SMILES string of the molecule is CC.CC(=O)OC(C)(C)C.CCCO[C@@H]1Cc2c(ccc(C=O)c2O)C[C@H]1C. The van der Waals surface area contributed by atoms with E-state index in [1.807, 2.05) is 40.7 Å². The molecule has 0 aliphatic heterocycles. The number of esters is 1. The normalized spacial score (nSPS) is 17.9. The third-order valence-corrected chi connectivity index (χ3v) is 4.11. The summed E-state index contributed by atoms with van der Waals surface area (Å²) in [7, 11) is 0. The van der Waals surface area contributed by atoms with E-state index in [0.717, 1.165) is 30.6 Å². The summed E-state index contributed by atoms with van der Waals surface area (Å²) in [5, 5.41) is 10.1. The highest BCUT2D eigenvalue weighted by molar-refractivity contribution is 5.80. The van der Waals surface area contributed by atoms with Crippen molar-refractivity contribution in [2.24, 2.45) is 5.92 Å². The van der Waals surface area contributed by atoms with Gasteiger partial charge in [-0.25, -0.2) is 0 Å². The summed E-state index contributed by atoms with van der Waals surface area (Å²) in [5.74, 6) is 0.363. The minimum Gasteiger partial charge on any atom is -0.507 e. The first-order chi connectivity index (χ1) is 13.1. The fourth-order valence-electron chi connectivity index (χ4n) is 3.01. The maximum absolute atomic E-state index is 10.8. The molecule has 5 heteroatoms. The molecule has 0 saturated carbocycles. The number of ether oxygens (including phenoxy) is 2. The van der Waals surface area contributed by atoms with Gasteiger partial charge in [-0.15, -0.1) is 0 Å². The Kier molecular flexibility index (Phi) is 11.7. The lowest BCUT2D eigenvalue weighted by molar-refractivity contribution is -0.151. The van der Waals surface area contributed by atoms with Gasteiger partial charge in [0, 0.05) is 25.5 Å². The van der Waals surface area contributed by atoms with Crippen LogP contribution in [0.4, 0.5) is 0 Å². The van der Waals surface area contributed by atoms with Crippen LogP contribution in [-0.4, -0.2) is 35.7 Å². The molecule has 1 aliphatic carbocycles. The molecule has 2 rings (SSSR count). The van der Waals surface area contributed by atoms with Crippen LogP contribution in [0.5, 0.6) is 5.75 Å². The summed E-state index contributed by atoms with van der Waals surface area (Å²) in [6.45, 7) is 15.9. The van der Waals surface area contributed by atoms with Crippen LogP contribution in [0, 0.1) is 5.92 Å². The molecule has 0 spiro atoms. The molecule has 5 nitrogen and oxygen atoms in total. The topological polar surface area (TPSA) is 72.8 Å². The summed E-state index contributed by atoms with van der Waals surface area (Å²) in [4.78, 5) is 21.1. The third kappa shape index (κ3) is 8.87. The molecule has 0 fully saturated rings. The molecule has 1 aromatic carbocycles. The predicted octanol–water partition coefficient (Wildman–Crippen LogP) is 5.11. The number of phenolic OH excluding ortho intramolecular Hbond substituents is 1. The van der Waals surface area contributed by atoms with Gasteiger partial charge in [0.25, 0.3) is 0 Å². The number of phenols is 1. The van der Waals surface area contributed by atoms with Crippen LogP contribution in [0.3, 0.4) is 0 Å². The van der Waals surface area contributed by atoms with Gasteiger partial charge in [-0.1, -0.05) is 33.8 Å². The average Bonchev–Trinajstić information content (AvgIpc) is 2.61. The number of carbonyl (C=O) groups is 2. The first-order valence-electron chi connectivity index (χ1n) is 10.2. The van der Waals surface area contributed by atoms with Gasteiger partial charge in [-0.05, 0) is 51.2 Å². The van der Waals surface area contributed by atoms with E-state index in [1.54, 1.807) is 6.07 Å². The van der Waals surface area contributed by atoms with Crippen molar-refractivity contribution < 1.29 is 24.2 Å². The second kappa shape index (κ2) is 12.6. The van der Waals surface area contributed by atoms with Crippen molar-refractivity contribution in [2.75, 3.05) is 6.61 Å². The molecule has 0 radical (unpaired) electrons. The van der Waals surface area contributed by atoms with Crippen LogP contribution in [0.15, 0.2) is 12.1 Å². The zero-order valence-corrected chi connectivity index (χ0v) is 18.8. The second-order valence-corrected chi connectivity index (χ2v) is 7.76. The fraction of sp³-hybridized carbons (Fsp3) is 0.652. The monoisotopic (exact) mass is 394 g/mol. The molecule has 1 N–H and O–H groups in total. The Bertz CT molecular complexity index is 616. The van der Waals surface area contributed by atoms with Crippen molar-refractivity contribution in [1.29, 1.82) is 0 Å². The number of rotatable bonds is 4. The molecule has 0 heterocycles. The molecule has 2 atom stereocenters. The van der Waals surface area contributed by atoms with E-state index < -0.39 is 0 Å². The maximum Gasteiger partial charge on any atom is 0.303 e. The number of benzene rings is 1. The number of hydrogen-bond acceptors (Lipinski definition) is 5. The lowest BCUT2D eigenvalue weighted by Crippen LogP contribution is -2.31. The van der Waals surface area contributed by atoms with E-state index in [4.69, 9.17) is 9.47 Å². The number of hydrogen-bond donors (Lipinski definition) is 1. The average molecular weight is 395 g/mol.